The van der Waals surface area contributed by atoms with Crippen molar-refractivity contribution in [2.75, 3.05) is 26.2 Å². The highest BCUT2D eigenvalue weighted by Crippen LogP contribution is 2.22. The van der Waals surface area contributed by atoms with Gasteiger partial charge in [-0.25, -0.2) is 9.07 Å². The first-order valence-corrected chi connectivity index (χ1v) is 8.56. The van der Waals surface area contributed by atoms with Crippen LogP contribution in [0.2, 0.25) is 0 Å². The molecule has 0 N–H and O–H groups in total. The number of aromatic nitrogens is 2. The Hall–Kier alpha value is -2.21. The number of piperidine rings is 1. The van der Waals surface area contributed by atoms with Gasteiger partial charge >= 0.3 is 0 Å². The molecule has 3 heterocycles. The molecular formula is C18H21FN4O. The molecule has 1 atom stereocenters. The Kier molecular flexibility index (Phi) is 4.06. The molecule has 0 radical (unpaired) electrons. The SMILES string of the molecule is O=C(c1ccn(-c2ccc(F)cc2)n1)N1CCN2CCCCC2C1. The topological polar surface area (TPSA) is 41.4 Å². The van der Waals surface area contributed by atoms with E-state index in [9.17, 15) is 9.18 Å². The van der Waals surface area contributed by atoms with Crippen molar-refractivity contribution in [3.8, 4) is 5.69 Å². The van der Waals surface area contributed by atoms with Crippen LogP contribution in [0.4, 0.5) is 4.39 Å². The largest absolute Gasteiger partial charge is 0.334 e. The van der Waals surface area contributed by atoms with Gasteiger partial charge in [0.15, 0.2) is 5.69 Å². The van der Waals surface area contributed by atoms with Crippen LogP contribution in [0, 0.1) is 5.82 Å². The minimum atomic E-state index is -0.285. The van der Waals surface area contributed by atoms with E-state index in [2.05, 4.69) is 10.00 Å². The van der Waals surface area contributed by atoms with Gasteiger partial charge in [0.25, 0.3) is 5.91 Å². The Bertz CT molecular complexity index is 727. The zero-order chi connectivity index (χ0) is 16.5. The van der Waals surface area contributed by atoms with Gasteiger partial charge in [-0.2, -0.15) is 5.10 Å². The summed E-state index contributed by atoms with van der Waals surface area (Å²) in [6.07, 6.45) is 5.44. The van der Waals surface area contributed by atoms with Crippen LogP contribution in [-0.2, 0) is 0 Å². The van der Waals surface area contributed by atoms with E-state index in [1.54, 1.807) is 29.1 Å². The molecule has 1 aromatic carbocycles. The maximum Gasteiger partial charge on any atom is 0.274 e. The first-order chi connectivity index (χ1) is 11.7. The average molecular weight is 328 g/mol. The zero-order valence-electron chi connectivity index (χ0n) is 13.6. The first kappa shape index (κ1) is 15.3. The Morgan fingerprint density at radius 2 is 1.92 bits per heavy atom. The number of hydrogen-bond acceptors (Lipinski definition) is 3. The molecule has 24 heavy (non-hydrogen) atoms. The molecule has 0 spiro atoms. The molecule has 0 saturated carbocycles. The van der Waals surface area contributed by atoms with Crippen molar-refractivity contribution in [1.82, 2.24) is 19.6 Å². The summed E-state index contributed by atoms with van der Waals surface area (Å²) in [7, 11) is 0. The molecule has 1 amide bonds. The van der Waals surface area contributed by atoms with E-state index in [0.29, 0.717) is 11.7 Å². The van der Waals surface area contributed by atoms with Gasteiger partial charge in [0, 0.05) is 31.9 Å². The van der Waals surface area contributed by atoms with Gasteiger partial charge in [0.05, 0.1) is 5.69 Å². The Labute approximate surface area is 140 Å². The molecule has 126 valence electrons. The second-order valence-corrected chi connectivity index (χ2v) is 6.56. The monoisotopic (exact) mass is 328 g/mol. The predicted octanol–water partition coefficient (Wildman–Crippen LogP) is 2.32. The van der Waals surface area contributed by atoms with Crippen molar-refractivity contribution >= 4 is 5.91 Å². The molecule has 1 unspecified atom stereocenters. The van der Waals surface area contributed by atoms with Crippen molar-refractivity contribution in [2.24, 2.45) is 0 Å². The van der Waals surface area contributed by atoms with Crippen molar-refractivity contribution in [3.63, 3.8) is 0 Å². The van der Waals surface area contributed by atoms with Crippen LogP contribution in [-0.4, -0.2) is 57.7 Å². The fourth-order valence-corrected chi connectivity index (χ4v) is 3.68. The standard InChI is InChI=1S/C18H21FN4O/c19-14-4-6-15(7-5-14)23-10-8-17(20-23)18(24)22-12-11-21-9-2-1-3-16(21)13-22/h4-8,10,16H,1-3,9,11-13H2. The highest BCUT2D eigenvalue weighted by molar-refractivity contribution is 5.92. The van der Waals surface area contributed by atoms with E-state index in [1.165, 1.54) is 31.4 Å². The number of hydrogen-bond donors (Lipinski definition) is 0. The molecule has 2 aromatic rings. The number of carbonyl (C=O) groups excluding carboxylic acids is 1. The van der Waals surface area contributed by atoms with Gasteiger partial charge < -0.3 is 4.90 Å². The minimum Gasteiger partial charge on any atom is -0.334 e. The number of benzene rings is 1. The Balaban J connectivity index is 1.48. The number of rotatable bonds is 2. The van der Waals surface area contributed by atoms with Crippen LogP contribution in [0.25, 0.3) is 5.69 Å². The molecule has 0 bridgehead atoms. The quantitative estimate of drug-likeness (QED) is 0.849. The summed E-state index contributed by atoms with van der Waals surface area (Å²) in [4.78, 5) is 17.2. The second-order valence-electron chi connectivity index (χ2n) is 6.56. The van der Waals surface area contributed by atoms with Gasteiger partial charge in [-0.3, -0.25) is 9.69 Å². The highest BCUT2D eigenvalue weighted by atomic mass is 19.1. The van der Waals surface area contributed by atoms with E-state index in [1.807, 2.05) is 4.90 Å². The molecule has 6 heteroatoms. The summed E-state index contributed by atoms with van der Waals surface area (Å²) in [6, 6.07) is 8.31. The number of halogens is 1. The van der Waals surface area contributed by atoms with Crippen LogP contribution in [0.3, 0.4) is 0 Å². The van der Waals surface area contributed by atoms with Gasteiger partial charge in [-0.1, -0.05) is 6.42 Å². The lowest BCUT2D eigenvalue weighted by Gasteiger charge is -2.43. The molecule has 2 aliphatic rings. The summed E-state index contributed by atoms with van der Waals surface area (Å²) < 4.78 is 14.6. The third-order valence-electron chi connectivity index (χ3n) is 5.02. The molecule has 1 aromatic heterocycles. The molecule has 0 aliphatic carbocycles. The normalized spacial score (nSPS) is 21.5. The molecule has 4 rings (SSSR count). The zero-order valence-corrected chi connectivity index (χ0v) is 13.6. The number of amides is 1. The van der Waals surface area contributed by atoms with Crippen LogP contribution in [0.15, 0.2) is 36.5 Å². The smallest absolute Gasteiger partial charge is 0.274 e. The summed E-state index contributed by atoms with van der Waals surface area (Å²) in [5.41, 5.74) is 1.19. The average Bonchev–Trinajstić information content (AvgIpc) is 3.11. The highest BCUT2D eigenvalue weighted by Gasteiger charge is 2.31. The van der Waals surface area contributed by atoms with Gasteiger partial charge in [-0.05, 0) is 49.7 Å². The third-order valence-corrected chi connectivity index (χ3v) is 5.02. The fourth-order valence-electron chi connectivity index (χ4n) is 3.68. The Morgan fingerprint density at radius 1 is 1.08 bits per heavy atom. The van der Waals surface area contributed by atoms with Crippen LogP contribution >= 0.6 is 0 Å². The molecular weight excluding hydrogens is 307 g/mol. The maximum absolute atomic E-state index is 13.0. The lowest BCUT2D eigenvalue weighted by molar-refractivity contribution is 0.0368. The summed E-state index contributed by atoms with van der Waals surface area (Å²) in [5, 5.41) is 4.38. The lowest BCUT2D eigenvalue weighted by Crippen LogP contribution is -2.56. The van der Waals surface area contributed by atoms with Crippen molar-refractivity contribution in [3.05, 3.63) is 48.0 Å². The van der Waals surface area contributed by atoms with E-state index in [4.69, 9.17) is 0 Å². The molecule has 2 saturated heterocycles. The van der Waals surface area contributed by atoms with E-state index >= 15 is 0 Å². The van der Waals surface area contributed by atoms with Crippen molar-refractivity contribution < 1.29 is 9.18 Å². The second kappa shape index (κ2) is 6.36. The van der Waals surface area contributed by atoms with Crippen LogP contribution in [0.5, 0.6) is 0 Å². The minimum absolute atomic E-state index is 0.0129. The summed E-state index contributed by atoms with van der Waals surface area (Å²) in [6.45, 7) is 3.67. The summed E-state index contributed by atoms with van der Waals surface area (Å²) >= 11 is 0. The molecule has 5 nitrogen and oxygen atoms in total. The molecule has 2 fully saturated rings. The van der Waals surface area contributed by atoms with Crippen molar-refractivity contribution in [2.45, 2.75) is 25.3 Å². The first-order valence-electron chi connectivity index (χ1n) is 8.56. The van der Waals surface area contributed by atoms with Gasteiger partial charge in [0.2, 0.25) is 0 Å². The number of fused-ring (bicyclic) bond motifs is 1. The predicted molar refractivity (Wildman–Crippen MR) is 88.6 cm³/mol. The van der Waals surface area contributed by atoms with Gasteiger partial charge in [-0.15, -0.1) is 0 Å². The van der Waals surface area contributed by atoms with Crippen molar-refractivity contribution in [1.29, 1.82) is 0 Å². The van der Waals surface area contributed by atoms with Crippen LogP contribution in [0.1, 0.15) is 29.8 Å². The van der Waals surface area contributed by atoms with E-state index in [-0.39, 0.29) is 11.7 Å². The van der Waals surface area contributed by atoms with Crippen LogP contribution < -0.4 is 0 Å². The van der Waals surface area contributed by atoms with E-state index < -0.39 is 0 Å². The number of nitrogens with zero attached hydrogens (tertiary/aromatic N) is 4. The van der Waals surface area contributed by atoms with Gasteiger partial charge in [0.1, 0.15) is 5.82 Å². The summed E-state index contributed by atoms with van der Waals surface area (Å²) in [5.74, 6) is -0.298. The lowest BCUT2D eigenvalue weighted by atomic mass is 9.99. The number of carbonyl (C=O) groups is 1. The number of piperazine rings is 1. The van der Waals surface area contributed by atoms with E-state index in [0.717, 1.165) is 31.9 Å². The third kappa shape index (κ3) is 2.94. The Morgan fingerprint density at radius 3 is 2.75 bits per heavy atom. The fraction of sp³-hybridized carbons (Fsp3) is 0.444. The molecule has 2 aliphatic heterocycles. The maximum atomic E-state index is 13.0.